The van der Waals surface area contributed by atoms with Crippen LogP contribution in [0.5, 0.6) is 0 Å². The fourth-order valence-corrected chi connectivity index (χ4v) is 2.82. The summed E-state index contributed by atoms with van der Waals surface area (Å²) in [5, 5.41) is 3.30. The van der Waals surface area contributed by atoms with Crippen LogP contribution >= 0.6 is 11.3 Å². The van der Waals surface area contributed by atoms with Crippen molar-refractivity contribution in [2.24, 2.45) is 0 Å². The molecule has 0 radical (unpaired) electrons. The summed E-state index contributed by atoms with van der Waals surface area (Å²) in [5.41, 5.74) is 5.78. The third kappa shape index (κ3) is 1.66. The Balaban J connectivity index is 1.90. The highest BCUT2D eigenvalue weighted by molar-refractivity contribution is 7.13. The second-order valence-electron chi connectivity index (χ2n) is 4.24. The molecule has 0 atom stereocenters. The largest absolute Gasteiger partial charge is 0.315 e. The maximum absolute atomic E-state index is 4.29. The average Bonchev–Trinajstić information content (AvgIpc) is 2.63. The van der Waals surface area contributed by atoms with Gasteiger partial charge < -0.3 is 5.32 Å². The van der Waals surface area contributed by atoms with E-state index < -0.39 is 0 Å². The van der Waals surface area contributed by atoms with Gasteiger partial charge in [-0.3, -0.25) is 0 Å². The summed E-state index contributed by atoms with van der Waals surface area (Å²) < 4.78 is 0. The van der Waals surface area contributed by atoms with E-state index in [0.717, 1.165) is 24.7 Å². The molecule has 1 aliphatic heterocycles. The highest BCUT2D eigenvalue weighted by Crippen LogP contribution is 2.29. The van der Waals surface area contributed by atoms with Crippen LogP contribution in [0.2, 0.25) is 0 Å². The van der Waals surface area contributed by atoms with Gasteiger partial charge in [0, 0.05) is 19.0 Å². The number of thiazole rings is 1. The van der Waals surface area contributed by atoms with Crippen LogP contribution in [0, 0.1) is 6.92 Å². The van der Waals surface area contributed by atoms with Crippen LogP contribution in [0.4, 0.5) is 0 Å². The summed E-state index contributed by atoms with van der Waals surface area (Å²) in [6, 6.07) is 8.93. The van der Waals surface area contributed by atoms with Crippen molar-refractivity contribution in [3.05, 3.63) is 41.0 Å². The molecule has 2 nitrogen and oxygen atoms in total. The van der Waals surface area contributed by atoms with Gasteiger partial charge in [0.25, 0.3) is 0 Å². The van der Waals surface area contributed by atoms with Gasteiger partial charge >= 0.3 is 0 Å². The number of hydrogen-bond acceptors (Lipinski definition) is 3. The van der Waals surface area contributed by atoms with Gasteiger partial charge in [0.05, 0.1) is 16.1 Å². The Kier molecular flexibility index (Phi) is 2.50. The average molecular weight is 230 g/mol. The smallest absolute Gasteiger partial charge is 0.0801 e. The summed E-state index contributed by atoms with van der Waals surface area (Å²) in [4.78, 5) is 5.58. The van der Waals surface area contributed by atoms with Crippen molar-refractivity contribution in [2.75, 3.05) is 13.1 Å². The molecular weight excluding hydrogens is 216 g/mol. The zero-order chi connectivity index (χ0) is 11.0. The lowest BCUT2D eigenvalue weighted by molar-refractivity contribution is 0.448. The molecule has 1 aliphatic rings. The van der Waals surface area contributed by atoms with Crippen molar-refractivity contribution in [2.45, 2.75) is 12.8 Å². The standard InChI is InChI=1S/C13H14N2S/c1-9-13(16-8-15-9)11-4-2-10(3-5-11)12-6-14-7-12/h2-5,8,12,14H,6-7H2,1H3. The van der Waals surface area contributed by atoms with Crippen LogP contribution in [0.3, 0.4) is 0 Å². The summed E-state index contributed by atoms with van der Waals surface area (Å²) in [7, 11) is 0. The van der Waals surface area contributed by atoms with Crippen LogP contribution in [0.25, 0.3) is 10.4 Å². The Hall–Kier alpha value is -1.19. The van der Waals surface area contributed by atoms with Crippen LogP contribution < -0.4 is 5.32 Å². The minimum atomic E-state index is 0.719. The molecule has 16 heavy (non-hydrogen) atoms. The number of nitrogens with one attached hydrogen (secondary N) is 1. The van der Waals surface area contributed by atoms with Gasteiger partial charge in [-0.25, -0.2) is 4.98 Å². The van der Waals surface area contributed by atoms with Crippen molar-refractivity contribution in [3.63, 3.8) is 0 Å². The van der Waals surface area contributed by atoms with E-state index in [1.54, 1.807) is 11.3 Å². The number of nitrogens with zero attached hydrogens (tertiary/aromatic N) is 1. The summed E-state index contributed by atoms with van der Waals surface area (Å²) in [5.74, 6) is 0.719. The molecule has 0 aliphatic carbocycles. The molecule has 1 fully saturated rings. The van der Waals surface area contributed by atoms with E-state index in [1.807, 2.05) is 5.51 Å². The quantitative estimate of drug-likeness (QED) is 0.858. The number of rotatable bonds is 2. The van der Waals surface area contributed by atoms with Crippen molar-refractivity contribution in [3.8, 4) is 10.4 Å². The monoisotopic (exact) mass is 230 g/mol. The van der Waals surface area contributed by atoms with Crippen LogP contribution in [0.1, 0.15) is 17.2 Å². The minimum absolute atomic E-state index is 0.719. The zero-order valence-corrected chi connectivity index (χ0v) is 10.1. The van der Waals surface area contributed by atoms with Crippen molar-refractivity contribution in [1.82, 2.24) is 10.3 Å². The zero-order valence-electron chi connectivity index (χ0n) is 9.23. The van der Waals surface area contributed by atoms with Gasteiger partial charge in [0.2, 0.25) is 0 Å². The van der Waals surface area contributed by atoms with Crippen LogP contribution in [0.15, 0.2) is 29.8 Å². The maximum Gasteiger partial charge on any atom is 0.0801 e. The Morgan fingerprint density at radius 2 is 2.00 bits per heavy atom. The highest BCUT2D eigenvalue weighted by Gasteiger charge is 2.18. The first-order chi connectivity index (χ1) is 7.84. The Morgan fingerprint density at radius 3 is 2.50 bits per heavy atom. The molecule has 2 heterocycles. The normalized spacial score (nSPS) is 16.1. The second kappa shape index (κ2) is 4.00. The van der Waals surface area contributed by atoms with Gasteiger partial charge in [-0.15, -0.1) is 11.3 Å². The molecule has 0 saturated carbocycles. The number of aromatic nitrogens is 1. The Bertz CT molecular complexity index is 483. The van der Waals surface area contributed by atoms with Crippen molar-refractivity contribution < 1.29 is 0 Å². The predicted octanol–water partition coefficient (Wildman–Crippen LogP) is 2.81. The van der Waals surface area contributed by atoms with Crippen molar-refractivity contribution >= 4 is 11.3 Å². The van der Waals surface area contributed by atoms with Gasteiger partial charge in [-0.1, -0.05) is 24.3 Å². The first-order valence-corrected chi connectivity index (χ1v) is 6.43. The second-order valence-corrected chi connectivity index (χ2v) is 5.10. The molecular formula is C13H14N2S. The molecule has 3 heteroatoms. The van der Waals surface area contributed by atoms with E-state index in [-0.39, 0.29) is 0 Å². The minimum Gasteiger partial charge on any atom is -0.315 e. The predicted molar refractivity (Wildman–Crippen MR) is 67.9 cm³/mol. The highest BCUT2D eigenvalue weighted by atomic mass is 32.1. The van der Waals surface area contributed by atoms with Gasteiger partial charge in [-0.05, 0) is 18.1 Å². The fourth-order valence-electron chi connectivity index (χ4n) is 2.01. The molecule has 2 aromatic rings. The molecule has 1 saturated heterocycles. The molecule has 3 rings (SSSR count). The Labute approximate surface area is 99.4 Å². The van der Waals surface area contributed by atoms with Gasteiger partial charge in [0.1, 0.15) is 0 Å². The number of hydrogen-bond donors (Lipinski definition) is 1. The van der Waals surface area contributed by atoms with E-state index in [0.29, 0.717) is 0 Å². The lowest BCUT2D eigenvalue weighted by atomic mass is 9.93. The number of benzene rings is 1. The molecule has 0 bridgehead atoms. The first-order valence-electron chi connectivity index (χ1n) is 5.56. The van der Waals surface area contributed by atoms with E-state index in [1.165, 1.54) is 16.0 Å². The van der Waals surface area contributed by atoms with Crippen LogP contribution in [-0.2, 0) is 0 Å². The lowest BCUT2D eigenvalue weighted by Crippen LogP contribution is -2.39. The number of aryl methyl sites for hydroxylation is 1. The molecule has 0 amide bonds. The molecule has 1 N–H and O–H groups in total. The third-order valence-corrected chi connectivity index (χ3v) is 4.15. The SMILES string of the molecule is Cc1ncsc1-c1ccc(C2CNC2)cc1. The lowest BCUT2D eigenvalue weighted by Gasteiger charge is -2.27. The molecule has 0 spiro atoms. The Morgan fingerprint density at radius 1 is 1.25 bits per heavy atom. The van der Waals surface area contributed by atoms with E-state index in [9.17, 15) is 0 Å². The molecule has 1 aromatic carbocycles. The van der Waals surface area contributed by atoms with E-state index >= 15 is 0 Å². The topological polar surface area (TPSA) is 24.9 Å². The summed E-state index contributed by atoms with van der Waals surface area (Å²) in [6.07, 6.45) is 0. The molecule has 1 aromatic heterocycles. The van der Waals surface area contributed by atoms with Crippen molar-refractivity contribution in [1.29, 1.82) is 0 Å². The molecule has 82 valence electrons. The van der Waals surface area contributed by atoms with Gasteiger partial charge in [0.15, 0.2) is 0 Å². The van der Waals surface area contributed by atoms with E-state index in [4.69, 9.17) is 0 Å². The summed E-state index contributed by atoms with van der Waals surface area (Å²) >= 11 is 1.71. The maximum atomic E-state index is 4.29. The fraction of sp³-hybridized carbons (Fsp3) is 0.308. The third-order valence-electron chi connectivity index (χ3n) is 3.17. The molecule has 0 unspecified atom stereocenters. The van der Waals surface area contributed by atoms with E-state index in [2.05, 4.69) is 41.5 Å². The van der Waals surface area contributed by atoms with Gasteiger partial charge in [-0.2, -0.15) is 0 Å². The summed E-state index contributed by atoms with van der Waals surface area (Å²) in [6.45, 7) is 4.31. The first kappa shape index (κ1) is 10.00. The van der Waals surface area contributed by atoms with Crippen LogP contribution in [-0.4, -0.2) is 18.1 Å².